The molecule has 23 heavy (non-hydrogen) atoms. The van der Waals surface area contributed by atoms with Crippen molar-refractivity contribution in [3.8, 4) is 0 Å². The van der Waals surface area contributed by atoms with Gasteiger partial charge in [0.25, 0.3) is 5.91 Å². The van der Waals surface area contributed by atoms with Crippen LogP contribution >= 0.6 is 0 Å². The Bertz CT molecular complexity index is 629. The molecule has 2 aromatic rings. The second kappa shape index (κ2) is 6.93. The number of aliphatic hydroxyl groups excluding tert-OH is 1. The first-order valence-electron chi connectivity index (χ1n) is 7.95. The van der Waals surface area contributed by atoms with Gasteiger partial charge in [0.1, 0.15) is 5.82 Å². The van der Waals surface area contributed by atoms with Gasteiger partial charge in [0.2, 0.25) is 0 Å². The van der Waals surface area contributed by atoms with E-state index < -0.39 is 6.10 Å². The van der Waals surface area contributed by atoms with Crippen molar-refractivity contribution in [2.45, 2.75) is 19.1 Å². The first-order chi connectivity index (χ1) is 11.2. The van der Waals surface area contributed by atoms with Gasteiger partial charge in [-0.15, -0.1) is 0 Å². The third-order valence-electron chi connectivity index (χ3n) is 4.39. The summed E-state index contributed by atoms with van der Waals surface area (Å²) in [7, 11) is 0. The maximum atomic E-state index is 12.6. The molecule has 2 N–H and O–H groups in total. The van der Waals surface area contributed by atoms with Gasteiger partial charge in [-0.2, -0.15) is 0 Å². The Morgan fingerprint density at radius 2 is 2.17 bits per heavy atom. The number of likely N-dealkylation sites (N-methyl/N-ethyl adjacent to an activating group) is 1. The van der Waals surface area contributed by atoms with E-state index in [-0.39, 0.29) is 11.9 Å². The zero-order valence-electron chi connectivity index (χ0n) is 13.2. The second-order valence-electron chi connectivity index (χ2n) is 5.72. The maximum Gasteiger partial charge on any atom is 0.256 e. The number of rotatable bonds is 4. The van der Waals surface area contributed by atoms with Crippen LogP contribution in [0.25, 0.3) is 0 Å². The lowest BCUT2D eigenvalue weighted by Crippen LogP contribution is -2.51. The lowest BCUT2D eigenvalue weighted by molar-refractivity contribution is -0.143. The van der Waals surface area contributed by atoms with E-state index >= 15 is 0 Å². The number of benzene rings is 1. The fourth-order valence-electron chi connectivity index (χ4n) is 3.07. The summed E-state index contributed by atoms with van der Waals surface area (Å²) in [6, 6.07) is 9.10. The number of aromatic amines is 1. The minimum absolute atomic E-state index is 0.0377. The van der Waals surface area contributed by atoms with Crippen molar-refractivity contribution in [1.82, 2.24) is 19.8 Å². The Kier molecular flexibility index (Phi) is 4.73. The van der Waals surface area contributed by atoms with Gasteiger partial charge in [0.05, 0.1) is 6.04 Å². The van der Waals surface area contributed by atoms with Gasteiger partial charge in [0.15, 0.2) is 6.10 Å². The van der Waals surface area contributed by atoms with Crippen molar-refractivity contribution in [2.75, 3.05) is 26.2 Å². The van der Waals surface area contributed by atoms with Gasteiger partial charge in [-0.05, 0) is 12.1 Å². The van der Waals surface area contributed by atoms with E-state index in [4.69, 9.17) is 0 Å². The van der Waals surface area contributed by atoms with E-state index in [0.717, 1.165) is 18.9 Å². The molecular formula is C17H22N4O2. The molecular weight excluding hydrogens is 292 g/mol. The van der Waals surface area contributed by atoms with Crippen molar-refractivity contribution in [3.63, 3.8) is 0 Å². The van der Waals surface area contributed by atoms with Crippen molar-refractivity contribution >= 4 is 5.91 Å². The number of hydrogen-bond donors (Lipinski definition) is 2. The largest absolute Gasteiger partial charge is 0.378 e. The summed E-state index contributed by atoms with van der Waals surface area (Å²) in [6.45, 7) is 4.92. The molecule has 3 rings (SSSR count). The molecule has 0 saturated carbocycles. The van der Waals surface area contributed by atoms with Crippen molar-refractivity contribution < 1.29 is 9.90 Å². The van der Waals surface area contributed by atoms with Crippen molar-refractivity contribution in [3.05, 3.63) is 54.1 Å². The maximum absolute atomic E-state index is 12.6. The number of piperazine rings is 1. The van der Waals surface area contributed by atoms with Gasteiger partial charge < -0.3 is 15.0 Å². The summed E-state index contributed by atoms with van der Waals surface area (Å²) in [6.07, 6.45) is 2.41. The fraction of sp³-hybridized carbons (Fsp3) is 0.412. The number of aromatic nitrogens is 2. The minimum Gasteiger partial charge on any atom is -0.378 e. The smallest absolute Gasteiger partial charge is 0.256 e. The normalized spacial score (nSPS) is 20.4. The Morgan fingerprint density at radius 1 is 1.39 bits per heavy atom. The summed E-state index contributed by atoms with van der Waals surface area (Å²) in [5, 5.41) is 10.4. The number of H-pyrrole nitrogens is 1. The number of imidazole rings is 1. The van der Waals surface area contributed by atoms with Crippen LogP contribution in [0.5, 0.6) is 0 Å². The summed E-state index contributed by atoms with van der Waals surface area (Å²) in [4.78, 5) is 24.1. The van der Waals surface area contributed by atoms with Gasteiger partial charge in [-0.3, -0.25) is 9.69 Å². The summed E-state index contributed by atoms with van der Waals surface area (Å²) >= 11 is 0. The summed E-state index contributed by atoms with van der Waals surface area (Å²) in [5.74, 6) is 0.613. The van der Waals surface area contributed by atoms with Crippen molar-refractivity contribution in [2.24, 2.45) is 0 Å². The highest BCUT2D eigenvalue weighted by molar-refractivity contribution is 5.82. The molecule has 0 spiro atoms. The fourth-order valence-corrected chi connectivity index (χ4v) is 3.07. The van der Waals surface area contributed by atoms with Crippen LogP contribution < -0.4 is 0 Å². The van der Waals surface area contributed by atoms with E-state index in [0.29, 0.717) is 18.7 Å². The monoisotopic (exact) mass is 314 g/mol. The summed E-state index contributed by atoms with van der Waals surface area (Å²) in [5.41, 5.74) is 0.630. The standard InChI is InChI=1S/C17H22N4O2/c1-2-20-10-11-21(12-14(20)16-18-8-9-19-16)17(23)15(22)13-6-4-3-5-7-13/h3-9,14-15,22H,2,10-12H2,1H3,(H,18,19)/t14-,15-/m1/s1. The third kappa shape index (κ3) is 3.28. The zero-order chi connectivity index (χ0) is 16.2. The predicted octanol–water partition coefficient (Wildman–Crippen LogP) is 1.35. The molecule has 2 atom stereocenters. The SMILES string of the molecule is CCN1CCN(C(=O)[C@H](O)c2ccccc2)C[C@@H]1c1ncc[nH]1. The number of aliphatic hydroxyl groups is 1. The van der Waals surface area contributed by atoms with Crippen LogP contribution in [0.3, 0.4) is 0 Å². The zero-order valence-corrected chi connectivity index (χ0v) is 13.2. The van der Waals surface area contributed by atoms with Gasteiger partial charge >= 0.3 is 0 Å². The molecule has 0 aliphatic carbocycles. The van der Waals surface area contributed by atoms with E-state index in [1.54, 1.807) is 29.4 Å². The lowest BCUT2D eigenvalue weighted by Gasteiger charge is -2.40. The molecule has 1 fully saturated rings. The first-order valence-corrected chi connectivity index (χ1v) is 7.95. The molecule has 1 aliphatic rings. The molecule has 2 heterocycles. The number of amides is 1. The molecule has 1 aliphatic heterocycles. The van der Waals surface area contributed by atoms with Crippen LogP contribution in [0.15, 0.2) is 42.7 Å². The molecule has 6 nitrogen and oxygen atoms in total. The van der Waals surface area contributed by atoms with Gasteiger partial charge in [-0.1, -0.05) is 37.3 Å². The topological polar surface area (TPSA) is 72.5 Å². The molecule has 1 aromatic carbocycles. The van der Waals surface area contributed by atoms with Crippen LogP contribution in [0, 0.1) is 0 Å². The Labute approximate surface area is 135 Å². The Morgan fingerprint density at radius 3 is 2.83 bits per heavy atom. The van der Waals surface area contributed by atoms with E-state index in [1.165, 1.54) is 0 Å². The summed E-state index contributed by atoms with van der Waals surface area (Å²) < 4.78 is 0. The molecule has 1 amide bonds. The molecule has 1 aromatic heterocycles. The quantitative estimate of drug-likeness (QED) is 0.893. The minimum atomic E-state index is -1.11. The second-order valence-corrected chi connectivity index (χ2v) is 5.72. The highest BCUT2D eigenvalue weighted by Crippen LogP contribution is 2.25. The third-order valence-corrected chi connectivity index (χ3v) is 4.39. The molecule has 1 saturated heterocycles. The molecule has 0 unspecified atom stereocenters. The van der Waals surface area contributed by atoms with Gasteiger partial charge in [0, 0.05) is 32.0 Å². The Balaban J connectivity index is 1.74. The Hall–Kier alpha value is -2.18. The van der Waals surface area contributed by atoms with E-state index in [1.807, 2.05) is 18.2 Å². The number of carbonyl (C=O) groups is 1. The molecule has 6 heteroatoms. The molecule has 0 radical (unpaired) electrons. The lowest BCUT2D eigenvalue weighted by atomic mass is 10.1. The average Bonchev–Trinajstić information content (AvgIpc) is 3.15. The predicted molar refractivity (Wildman–Crippen MR) is 86.6 cm³/mol. The van der Waals surface area contributed by atoms with Crippen LogP contribution in [-0.4, -0.2) is 57.0 Å². The number of nitrogens with one attached hydrogen (secondary N) is 1. The van der Waals surface area contributed by atoms with E-state index in [9.17, 15) is 9.90 Å². The molecule has 122 valence electrons. The van der Waals surface area contributed by atoms with Crippen LogP contribution in [0.2, 0.25) is 0 Å². The van der Waals surface area contributed by atoms with Crippen LogP contribution in [0.4, 0.5) is 0 Å². The highest BCUT2D eigenvalue weighted by Gasteiger charge is 2.33. The number of nitrogens with zero attached hydrogens (tertiary/aromatic N) is 3. The first kappa shape index (κ1) is 15.7. The van der Waals surface area contributed by atoms with Crippen molar-refractivity contribution in [1.29, 1.82) is 0 Å². The molecule has 0 bridgehead atoms. The average molecular weight is 314 g/mol. The van der Waals surface area contributed by atoms with Crippen LogP contribution in [-0.2, 0) is 4.79 Å². The van der Waals surface area contributed by atoms with E-state index in [2.05, 4.69) is 21.8 Å². The highest BCUT2D eigenvalue weighted by atomic mass is 16.3. The number of hydrogen-bond acceptors (Lipinski definition) is 4. The number of carbonyl (C=O) groups excluding carboxylic acids is 1. The van der Waals surface area contributed by atoms with Gasteiger partial charge in [-0.25, -0.2) is 4.98 Å². The van der Waals surface area contributed by atoms with Crippen LogP contribution in [0.1, 0.15) is 30.5 Å².